The molecule has 0 fully saturated rings. The molecule has 0 spiro atoms. The Morgan fingerprint density at radius 2 is 1.89 bits per heavy atom. The number of nitrogens with zero attached hydrogens (tertiary/aromatic N) is 2. The van der Waals surface area contributed by atoms with Crippen LogP contribution in [0.4, 0.5) is 10.1 Å². The molecule has 28 heavy (non-hydrogen) atoms. The van der Waals surface area contributed by atoms with Crippen molar-refractivity contribution in [1.29, 1.82) is 0 Å². The van der Waals surface area contributed by atoms with Gasteiger partial charge in [0.15, 0.2) is 5.16 Å². The SMILES string of the molecule is CC(=O)Nc1ccc(-n2c(SC(C)(C)C(=O)[O-])nc3ccccc32)c(F)c1.[K+]. The predicted molar refractivity (Wildman–Crippen MR) is 100 cm³/mol. The third-order valence-corrected chi connectivity index (χ3v) is 5.01. The topological polar surface area (TPSA) is 87.0 Å². The number of amides is 1. The first kappa shape index (κ1) is 23.0. The molecule has 1 amide bonds. The van der Waals surface area contributed by atoms with E-state index in [2.05, 4.69) is 10.3 Å². The number of carbonyl (C=O) groups is 2. The summed E-state index contributed by atoms with van der Waals surface area (Å²) in [7, 11) is 0. The Bertz CT molecular complexity index is 1050. The average molecular weight is 426 g/mol. The molecule has 0 saturated carbocycles. The first-order valence-electron chi connectivity index (χ1n) is 8.14. The van der Waals surface area contributed by atoms with Crippen LogP contribution in [0.3, 0.4) is 0 Å². The summed E-state index contributed by atoms with van der Waals surface area (Å²) in [6.45, 7) is 4.35. The van der Waals surface area contributed by atoms with Gasteiger partial charge in [0, 0.05) is 12.6 Å². The maximum Gasteiger partial charge on any atom is 1.00 e. The van der Waals surface area contributed by atoms with Gasteiger partial charge in [0.25, 0.3) is 0 Å². The molecular weight excluding hydrogens is 408 g/mol. The van der Waals surface area contributed by atoms with Crippen LogP contribution in [-0.2, 0) is 9.59 Å². The summed E-state index contributed by atoms with van der Waals surface area (Å²) in [6.07, 6.45) is 0. The van der Waals surface area contributed by atoms with E-state index in [1.54, 1.807) is 34.9 Å². The minimum atomic E-state index is -1.26. The first-order chi connectivity index (χ1) is 12.7. The fraction of sp³-hybridized carbons (Fsp3) is 0.211. The molecule has 1 heterocycles. The standard InChI is InChI=1S/C19H18FN3O3S.K/c1-11(24)21-12-8-9-15(13(20)10-12)23-16-7-5-4-6-14(16)22-18(23)27-19(2,3)17(25)26;/h4-10H,1-3H3,(H,21,24)(H,25,26);/q;+1/p-1. The van der Waals surface area contributed by atoms with Crippen LogP contribution in [-0.4, -0.2) is 26.2 Å². The molecule has 2 aromatic carbocycles. The number of fused-ring (bicyclic) bond motifs is 1. The number of anilines is 1. The second-order valence-electron chi connectivity index (χ2n) is 6.47. The normalized spacial score (nSPS) is 11.1. The molecule has 9 heteroatoms. The molecule has 0 aliphatic rings. The molecule has 0 aliphatic carbocycles. The number of nitrogens with one attached hydrogen (secondary N) is 1. The van der Waals surface area contributed by atoms with Crippen molar-refractivity contribution in [1.82, 2.24) is 9.55 Å². The van der Waals surface area contributed by atoms with Crippen LogP contribution in [0.1, 0.15) is 20.8 Å². The van der Waals surface area contributed by atoms with Crippen LogP contribution in [0.2, 0.25) is 0 Å². The van der Waals surface area contributed by atoms with Gasteiger partial charge in [0.2, 0.25) is 5.91 Å². The van der Waals surface area contributed by atoms with Crippen LogP contribution < -0.4 is 61.8 Å². The van der Waals surface area contributed by atoms with Gasteiger partial charge in [-0.05, 0) is 44.2 Å². The zero-order valence-electron chi connectivity index (χ0n) is 15.9. The number of aliphatic carboxylic acids is 1. The Kier molecular flexibility index (Phi) is 7.46. The fourth-order valence-electron chi connectivity index (χ4n) is 2.54. The van der Waals surface area contributed by atoms with Gasteiger partial charge >= 0.3 is 51.4 Å². The summed E-state index contributed by atoms with van der Waals surface area (Å²) in [5.74, 6) is -2.12. The predicted octanol–water partition coefficient (Wildman–Crippen LogP) is -0.252. The van der Waals surface area contributed by atoms with E-state index >= 15 is 0 Å². The van der Waals surface area contributed by atoms with Crippen molar-refractivity contribution in [2.45, 2.75) is 30.7 Å². The minimum absolute atomic E-state index is 0. The number of hydrogen-bond acceptors (Lipinski definition) is 5. The second-order valence-corrected chi connectivity index (χ2v) is 8.06. The Morgan fingerprint density at radius 3 is 2.50 bits per heavy atom. The maximum absolute atomic E-state index is 14.8. The van der Waals surface area contributed by atoms with Crippen molar-refractivity contribution in [2.24, 2.45) is 0 Å². The summed E-state index contributed by atoms with van der Waals surface area (Å²) < 4.78 is 15.1. The number of aromatic nitrogens is 2. The van der Waals surface area contributed by atoms with Gasteiger partial charge in [-0.3, -0.25) is 9.36 Å². The van der Waals surface area contributed by atoms with Crippen molar-refractivity contribution in [3.63, 3.8) is 0 Å². The quantitative estimate of drug-likeness (QED) is 0.450. The van der Waals surface area contributed by atoms with Crippen molar-refractivity contribution in [2.75, 3.05) is 5.32 Å². The number of carbonyl (C=O) groups excluding carboxylic acids is 2. The molecule has 0 aliphatic heterocycles. The van der Waals surface area contributed by atoms with E-state index in [0.29, 0.717) is 21.9 Å². The van der Waals surface area contributed by atoms with Gasteiger partial charge in [-0.25, -0.2) is 9.37 Å². The molecular formula is C19H17FKN3O3S. The van der Waals surface area contributed by atoms with E-state index < -0.39 is 16.5 Å². The van der Waals surface area contributed by atoms with E-state index in [4.69, 9.17) is 0 Å². The van der Waals surface area contributed by atoms with E-state index in [0.717, 1.165) is 11.8 Å². The van der Waals surface area contributed by atoms with E-state index in [9.17, 15) is 19.1 Å². The largest absolute Gasteiger partial charge is 1.00 e. The van der Waals surface area contributed by atoms with Crippen LogP contribution in [0, 0.1) is 5.82 Å². The van der Waals surface area contributed by atoms with Gasteiger partial charge in [0.05, 0.1) is 27.4 Å². The molecule has 0 radical (unpaired) electrons. The number of carboxylic acid groups (broad SMARTS) is 1. The molecule has 1 aromatic heterocycles. The third kappa shape index (κ3) is 4.84. The van der Waals surface area contributed by atoms with Crippen LogP contribution >= 0.6 is 11.8 Å². The van der Waals surface area contributed by atoms with E-state index in [1.807, 2.05) is 0 Å². The molecule has 1 N–H and O–H groups in total. The average Bonchev–Trinajstić information content (AvgIpc) is 2.91. The number of rotatable bonds is 5. The second kappa shape index (κ2) is 9.06. The van der Waals surface area contributed by atoms with Crippen LogP contribution in [0.15, 0.2) is 47.6 Å². The molecule has 6 nitrogen and oxygen atoms in total. The van der Waals surface area contributed by atoms with Crippen LogP contribution in [0.25, 0.3) is 16.7 Å². The van der Waals surface area contributed by atoms with Crippen molar-refractivity contribution >= 4 is 40.4 Å². The van der Waals surface area contributed by atoms with Crippen molar-refractivity contribution < 1.29 is 70.5 Å². The molecule has 0 saturated heterocycles. The Labute approximate surface area is 208 Å². The zero-order chi connectivity index (χ0) is 19.8. The van der Waals surface area contributed by atoms with Gasteiger partial charge in [-0.2, -0.15) is 0 Å². The minimum Gasteiger partial charge on any atom is -0.549 e. The summed E-state index contributed by atoms with van der Waals surface area (Å²) in [6, 6.07) is 11.4. The molecule has 0 atom stereocenters. The van der Waals surface area contributed by atoms with Crippen molar-refractivity contribution in [3.05, 3.63) is 48.3 Å². The number of imidazole rings is 1. The first-order valence-corrected chi connectivity index (χ1v) is 8.96. The third-order valence-electron chi connectivity index (χ3n) is 3.88. The summed E-state index contributed by atoms with van der Waals surface area (Å²) in [5, 5.41) is 14.3. The number of carboxylic acids is 1. The zero-order valence-corrected chi connectivity index (χ0v) is 19.9. The number of para-hydroxylation sites is 2. The smallest absolute Gasteiger partial charge is 0.549 e. The van der Waals surface area contributed by atoms with Crippen LogP contribution in [0.5, 0.6) is 0 Å². The van der Waals surface area contributed by atoms with E-state index in [-0.39, 0.29) is 63.0 Å². The number of halogens is 1. The maximum atomic E-state index is 14.8. The molecule has 140 valence electrons. The fourth-order valence-corrected chi connectivity index (χ4v) is 3.52. The van der Waals surface area contributed by atoms with Gasteiger partial charge < -0.3 is 15.2 Å². The van der Waals surface area contributed by atoms with Gasteiger partial charge in [0.1, 0.15) is 5.82 Å². The van der Waals surface area contributed by atoms with E-state index in [1.165, 1.54) is 32.9 Å². The summed E-state index contributed by atoms with van der Waals surface area (Å²) in [4.78, 5) is 27.1. The molecule has 3 rings (SSSR count). The molecule has 3 aromatic rings. The van der Waals surface area contributed by atoms with Crippen molar-refractivity contribution in [3.8, 4) is 5.69 Å². The van der Waals surface area contributed by atoms with Gasteiger partial charge in [-0.15, -0.1) is 0 Å². The van der Waals surface area contributed by atoms with Gasteiger partial charge in [-0.1, -0.05) is 23.9 Å². The number of benzene rings is 2. The number of hydrogen-bond donors (Lipinski definition) is 1. The summed E-state index contributed by atoms with van der Waals surface area (Å²) >= 11 is 0.978. The Hall–Kier alpha value is -1.23. The summed E-state index contributed by atoms with van der Waals surface area (Å²) in [5.41, 5.74) is 1.78. The molecule has 0 bridgehead atoms. The Balaban J connectivity index is 0.00000280. The molecule has 0 unspecified atom stereocenters. The number of thioether (sulfide) groups is 1. The monoisotopic (exact) mass is 425 g/mol. The Morgan fingerprint density at radius 1 is 1.21 bits per heavy atom.